The standard InChI is InChI=1S/C18H21NO/c1-13-5-3-4-6-18(13)20-12-16-10-9-15(14-7-8-14)11-17(16)19-2/h3-6,9-11,14,19H,7-8,12H2,1-2H3. The van der Waals surface area contributed by atoms with Gasteiger partial charge in [-0.05, 0) is 48.9 Å². The molecule has 2 aromatic rings. The van der Waals surface area contributed by atoms with Gasteiger partial charge in [0.2, 0.25) is 0 Å². The second-order valence-corrected chi connectivity index (χ2v) is 5.50. The van der Waals surface area contributed by atoms with Gasteiger partial charge in [-0.1, -0.05) is 30.3 Å². The van der Waals surface area contributed by atoms with Gasteiger partial charge >= 0.3 is 0 Å². The van der Waals surface area contributed by atoms with E-state index >= 15 is 0 Å². The Morgan fingerprint density at radius 3 is 2.65 bits per heavy atom. The van der Waals surface area contributed by atoms with E-state index in [1.807, 2.05) is 25.2 Å². The van der Waals surface area contributed by atoms with Crippen molar-refractivity contribution in [3.63, 3.8) is 0 Å². The Bertz CT molecular complexity index is 602. The van der Waals surface area contributed by atoms with Crippen LogP contribution < -0.4 is 10.1 Å². The molecule has 0 saturated heterocycles. The quantitative estimate of drug-likeness (QED) is 0.861. The third kappa shape index (κ3) is 2.79. The third-order valence-corrected chi connectivity index (χ3v) is 3.93. The van der Waals surface area contributed by atoms with E-state index in [0.717, 1.165) is 11.7 Å². The van der Waals surface area contributed by atoms with Crippen molar-refractivity contribution in [3.05, 3.63) is 59.2 Å². The molecule has 0 bridgehead atoms. The molecular weight excluding hydrogens is 246 g/mol. The summed E-state index contributed by atoms with van der Waals surface area (Å²) in [6, 6.07) is 14.8. The fourth-order valence-electron chi connectivity index (χ4n) is 2.50. The minimum absolute atomic E-state index is 0.603. The average Bonchev–Trinajstić information content (AvgIpc) is 3.31. The first-order valence-corrected chi connectivity index (χ1v) is 7.27. The molecular formula is C18H21NO. The maximum atomic E-state index is 5.94. The first-order valence-electron chi connectivity index (χ1n) is 7.27. The van der Waals surface area contributed by atoms with E-state index in [9.17, 15) is 0 Å². The van der Waals surface area contributed by atoms with Crippen LogP contribution in [0.3, 0.4) is 0 Å². The SMILES string of the molecule is CNc1cc(C2CC2)ccc1COc1ccccc1C. The molecule has 0 aromatic heterocycles. The molecule has 104 valence electrons. The van der Waals surface area contributed by atoms with Crippen LogP contribution in [-0.2, 0) is 6.61 Å². The van der Waals surface area contributed by atoms with E-state index in [-0.39, 0.29) is 0 Å². The number of nitrogens with one attached hydrogen (secondary N) is 1. The highest BCUT2D eigenvalue weighted by atomic mass is 16.5. The number of ether oxygens (including phenoxy) is 1. The Morgan fingerprint density at radius 1 is 1.15 bits per heavy atom. The summed E-state index contributed by atoms with van der Waals surface area (Å²) >= 11 is 0. The maximum Gasteiger partial charge on any atom is 0.122 e. The third-order valence-electron chi connectivity index (χ3n) is 3.93. The van der Waals surface area contributed by atoms with Crippen LogP contribution in [0.4, 0.5) is 5.69 Å². The lowest BCUT2D eigenvalue weighted by atomic mass is 10.1. The minimum Gasteiger partial charge on any atom is -0.489 e. The monoisotopic (exact) mass is 267 g/mol. The predicted molar refractivity (Wildman–Crippen MR) is 83.5 cm³/mol. The zero-order valence-electron chi connectivity index (χ0n) is 12.1. The number of para-hydroxylation sites is 1. The summed E-state index contributed by atoms with van der Waals surface area (Å²) in [5, 5.41) is 3.29. The van der Waals surface area contributed by atoms with E-state index in [1.165, 1.54) is 35.2 Å². The molecule has 2 heteroatoms. The van der Waals surface area contributed by atoms with E-state index in [1.54, 1.807) is 0 Å². The molecule has 20 heavy (non-hydrogen) atoms. The lowest BCUT2D eigenvalue weighted by Gasteiger charge is -2.13. The predicted octanol–water partition coefficient (Wildman–Crippen LogP) is 4.49. The van der Waals surface area contributed by atoms with Crippen LogP contribution in [0.15, 0.2) is 42.5 Å². The van der Waals surface area contributed by atoms with Crippen LogP contribution in [0.2, 0.25) is 0 Å². The number of hydrogen-bond acceptors (Lipinski definition) is 2. The van der Waals surface area contributed by atoms with Crippen LogP contribution in [0.25, 0.3) is 0 Å². The summed E-state index contributed by atoms with van der Waals surface area (Å²) in [4.78, 5) is 0. The van der Waals surface area contributed by atoms with Gasteiger partial charge in [-0.25, -0.2) is 0 Å². The topological polar surface area (TPSA) is 21.3 Å². The van der Waals surface area contributed by atoms with Crippen molar-refractivity contribution >= 4 is 5.69 Å². The molecule has 0 amide bonds. The lowest BCUT2D eigenvalue weighted by Crippen LogP contribution is -2.02. The normalized spacial score (nSPS) is 14.1. The van der Waals surface area contributed by atoms with Crippen LogP contribution >= 0.6 is 0 Å². The number of rotatable bonds is 5. The second kappa shape index (κ2) is 5.58. The number of hydrogen-bond donors (Lipinski definition) is 1. The van der Waals surface area contributed by atoms with Gasteiger partial charge in [0.1, 0.15) is 12.4 Å². The Kier molecular flexibility index (Phi) is 3.64. The fraction of sp³-hybridized carbons (Fsp3) is 0.333. The number of anilines is 1. The van der Waals surface area contributed by atoms with Crippen molar-refractivity contribution in [3.8, 4) is 5.75 Å². The van der Waals surface area contributed by atoms with Crippen molar-refractivity contribution in [1.82, 2.24) is 0 Å². The Morgan fingerprint density at radius 2 is 1.95 bits per heavy atom. The first kappa shape index (κ1) is 13.0. The molecule has 1 fully saturated rings. The van der Waals surface area contributed by atoms with Crippen molar-refractivity contribution in [2.45, 2.75) is 32.3 Å². The van der Waals surface area contributed by atoms with Gasteiger partial charge in [-0.15, -0.1) is 0 Å². The van der Waals surface area contributed by atoms with Gasteiger partial charge in [0, 0.05) is 18.3 Å². The summed E-state index contributed by atoms with van der Waals surface area (Å²) in [7, 11) is 1.98. The molecule has 1 N–H and O–H groups in total. The van der Waals surface area contributed by atoms with Gasteiger partial charge in [0.25, 0.3) is 0 Å². The smallest absolute Gasteiger partial charge is 0.122 e. The maximum absolute atomic E-state index is 5.94. The van der Waals surface area contributed by atoms with E-state index < -0.39 is 0 Å². The van der Waals surface area contributed by atoms with Crippen molar-refractivity contribution in [1.29, 1.82) is 0 Å². The van der Waals surface area contributed by atoms with E-state index in [2.05, 4.69) is 36.5 Å². The Balaban J connectivity index is 1.75. The van der Waals surface area contributed by atoms with Crippen molar-refractivity contribution in [2.75, 3.05) is 12.4 Å². The molecule has 0 heterocycles. The van der Waals surface area contributed by atoms with E-state index in [4.69, 9.17) is 4.74 Å². The Hall–Kier alpha value is -1.96. The molecule has 0 atom stereocenters. The van der Waals surface area contributed by atoms with Gasteiger partial charge in [0.05, 0.1) is 0 Å². The highest BCUT2D eigenvalue weighted by Gasteiger charge is 2.23. The number of benzene rings is 2. The molecule has 3 rings (SSSR count). The van der Waals surface area contributed by atoms with Gasteiger partial charge in [-0.2, -0.15) is 0 Å². The van der Waals surface area contributed by atoms with E-state index in [0.29, 0.717) is 6.61 Å². The summed E-state index contributed by atoms with van der Waals surface area (Å²) < 4.78 is 5.94. The molecule has 2 nitrogen and oxygen atoms in total. The van der Waals surface area contributed by atoms with Gasteiger partial charge in [0.15, 0.2) is 0 Å². The molecule has 0 spiro atoms. The summed E-state index contributed by atoms with van der Waals surface area (Å²) in [6.07, 6.45) is 2.67. The summed E-state index contributed by atoms with van der Waals surface area (Å²) in [5.74, 6) is 1.74. The molecule has 0 radical (unpaired) electrons. The highest BCUT2D eigenvalue weighted by molar-refractivity contribution is 5.54. The Labute approximate surface area is 120 Å². The zero-order chi connectivity index (χ0) is 13.9. The first-order chi connectivity index (χ1) is 9.78. The van der Waals surface area contributed by atoms with Crippen LogP contribution in [0.1, 0.15) is 35.4 Å². The van der Waals surface area contributed by atoms with Crippen molar-refractivity contribution < 1.29 is 4.74 Å². The minimum atomic E-state index is 0.603. The largest absolute Gasteiger partial charge is 0.489 e. The molecule has 1 aliphatic rings. The zero-order valence-corrected chi connectivity index (χ0v) is 12.1. The summed E-state index contributed by atoms with van der Waals surface area (Å²) in [5.41, 5.74) is 5.02. The van der Waals surface area contributed by atoms with Crippen LogP contribution in [0, 0.1) is 6.92 Å². The molecule has 1 aliphatic carbocycles. The van der Waals surface area contributed by atoms with Gasteiger partial charge in [-0.3, -0.25) is 0 Å². The molecule has 0 aliphatic heterocycles. The molecule has 1 saturated carbocycles. The summed E-state index contributed by atoms with van der Waals surface area (Å²) in [6.45, 7) is 2.68. The molecule has 2 aromatic carbocycles. The number of aryl methyl sites for hydroxylation is 1. The van der Waals surface area contributed by atoms with Crippen LogP contribution in [0.5, 0.6) is 5.75 Å². The lowest BCUT2D eigenvalue weighted by molar-refractivity contribution is 0.304. The van der Waals surface area contributed by atoms with Crippen LogP contribution in [-0.4, -0.2) is 7.05 Å². The fourth-order valence-corrected chi connectivity index (χ4v) is 2.50. The molecule has 0 unspecified atom stereocenters. The van der Waals surface area contributed by atoms with Gasteiger partial charge < -0.3 is 10.1 Å². The highest BCUT2D eigenvalue weighted by Crippen LogP contribution is 2.41. The average molecular weight is 267 g/mol. The van der Waals surface area contributed by atoms with Crippen molar-refractivity contribution in [2.24, 2.45) is 0 Å². The second-order valence-electron chi connectivity index (χ2n) is 5.50.